The molecule has 2 aromatic carbocycles. The minimum Gasteiger partial charge on any atom is -0.445 e. The van der Waals surface area contributed by atoms with Crippen LogP contribution in [0.25, 0.3) is 0 Å². The zero-order valence-electron chi connectivity index (χ0n) is 20.0. The average molecular weight is 457 g/mol. The summed E-state index contributed by atoms with van der Waals surface area (Å²) in [4.78, 5) is 24.4. The van der Waals surface area contributed by atoms with Crippen LogP contribution >= 0.6 is 0 Å². The first-order valence-corrected chi connectivity index (χ1v) is 11.8. The summed E-state index contributed by atoms with van der Waals surface area (Å²) in [5.41, 5.74) is 2.40. The van der Waals surface area contributed by atoms with Crippen LogP contribution in [0.2, 0.25) is 0 Å². The van der Waals surface area contributed by atoms with Gasteiger partial charge < -0.3 is 19.8 Å². The Labute approximate surface area is 194 Å². The molecule has 2 atom stereocenters. The van der Waals surface area contributed by atoms with E-state index in [-0.39, 0.29) is 36.0 Å². The number of nitrogens with one attached hydrogen (secondary N) is 2. The highest BCUT2D eigenvalue weighted by Gasteiger charge is 2.38. The van der Waals surface area contributed by atoms with Crippen molar-refractivity contribution in [2.75, 3.05) is 11.9 Å². The highest BCUT2D eigenvalue weighted by atomic mass is 28.2. The molecule has 2 N–H and O–H groups in total. The predicted octanol–water partition coefficient (Wildman–Crippen LogP) is 4.15. The summed E-state index contributed by atoms with van der Waals surface area (Å²) < 4.78 is 11.2. The molecule has 0 aromatic heterocycles. The van der Waals surface area contributed by atoms with Crippen molar-refractivity contribution < 1.29 is 18.8 Å². The van der Waals surface area contributed by atoms with E-state index in [4.69, 9.17) is 9.16 Å². The second-order valence-corrected chi connectivity index (χ2v) is 9.75. The van der Waals surface area contributed by atoms with E-state index in [1.54, 1.807) is 0 Å². The molecule has 174 valence electrons. The number of anilines is 1. The topological polar surface area (TPSA) is 76.7 Å². The molecule has 0 aliphatic carbocycles. The Kier molecular flexibility index (Phi) is 9.04. The van der Waals surface area contributed by atoms with Crippen molar-refractivity contribution >= 4 is 28.2 Å². The van der Waals surface area contributed by atoms with Gasteiger partial charge in [0.25, 0.3) is 0 Å². The number of hydrogen-bond donors (Lipinski definition) is 2. The largest absolute Gasteiger partial charge is 0.445 e. The van der Waals surface area contributed by atoms with Crippen LogP contribution in [0.15, 0.2) is 54.6 Å². The maximum Gasteiger partial charge on any atom is 0.407 e. The number of rotatable bonds is 9. The molecule has 0 spiro atoms. The van der Waals surface area contributed by atoms with Crippen LogP contribution in [0.1, 0.15) is 58.1 Å². The number of benzene rings is 2. The zero-order chi connectivity index (χ0) is 23.8. The van der Waals surface area contributed by atoms with Crippen LogP contribution in [0.5, 0.6) is 0 Å². The number of alkyl carbamates (subject to hydrolysis) is 1. The second kappa shape index (κ2) is 11.3. The van der Waals surface area contributed by atoms with E-state index in [0.29, 0.717) is 10.5 Å². The van der Waals surface area contributed by atoms with Crippen molar-refractivity contribution in [3.8, 4) is 0 Å². The van der Waals surface area contributed by atoms with Crippen molar-refractivity contribution in [2.24, 2.45) is 5.41 Å². The number of hydrogen-bond acceptors (Lipinski definition) is 4. The van der Waals surface area contributed by atoms with Crippen LogP contribution in [0.4, 0.5) is 10.5 Å². The molecule has 6 nitrogen and oxygen atoms in total. The lowest BCUT2D eigenvalue weighted by atomic mass is 9.72. The first-order chi connectivity index (χ1) is 15.1. The van der Waals surface area contributed by atoms with E-state index >= 15 is 0 Å². The van der Waals surface area contributed by atoms with Crippen LogP contribution < -0.4 is 10.6 Å². The van der Waals surface area contributed by atoms with Crippen molar-refractivity contribution in [1.82, 2.24) is 5.32 Å². The van der Waals surface area contributed by atoms with Crippen LogP contribution in [0.3, 0.4) is 0 Å². The van der Waals surface area contributed by atoms with Gasteiger partial charge in [-0.05, 0) is 41.9 Å². The molecular formula is C25H36N2O4Si. The third-order valence-corrected chi connectivity index (χ3v) is 7.01. The summed E-state index contributed by atoms with van der Waals surface area (Å²) in [7, 11) is 0.660. The van der Waals surface area contributed by atoms with Crippen molar-refractivity contribution in [3.05, 3.63) is 65.7 Å². The molecule has 0 heterocycles. The molecule has 32 heavy (non-hydrogen) atoms. The lowest BCUT2D eigenvalue weighted by Gasteiger charge is -2.43. The molecule has 0 saturated carbocycles. The van der Waals surface area contributed by atoms with Gasteiger partial charge in [-0.3, -0.25) is 4.79 Å². The number of carbonyl (C=O) groups is 2. The van der Waals surface area contributed by atoms with Gasteiger partial charge in [-0.25, -0.2) is 4.79 Å². The average Bonchev–Trinajstić information content (AvgIpc) is 2.76. The van der Waals surface area contributed by atoms with Crippen LogP contribution in [-0.4, -0.2) is 34.6 Å². The number of para-hydroxylation sites is 1. The summed E-state index contributed by atoms with van der Waals surface area (Å²) >= 11 is 0. The Hall–Kier alpha value is -2.64. The van der Waals surface area contributed by atoms with Gasteiger partial charge in [0.1, 0.15) is 23.6 Å². The molecule has 0 aliphatic rings. The van der Waals surface area contributed by atoms with Crippen LogP contribution in [-0.2, 0) is 20.6 Å². The van der Waals surface area contributed by atoms with Crippen molar-refractivity contribution in [2.45, 2.75) is 59.2 Å². The van der Waals surface area contributed by atoms with Gasteiger partial charge in [-0.15, -0.1) is 0 Å². The van der Waals surface area contributed by atoms with Gasteiger partial charge in [0.15, 0.2) is 0 Å². The van der Waals surface area contributed by atoms with Gasteiger partial charge >= 0.3 is 6.09 Å². The van der Waals surface area contributed by atoms with Gasteiger partial charge in [0.05, 0.1) is 5.60 Å². The fourth-order valence-corrected chi connectivity index (χ4v) is 4.33. The van der Waals surface area contributed by atoms with Crippen LogP contribution in [0, 0.1) is 5.41 Å². The molecular weight excluding hydrogens is 420 g/mol. The Balaban J connectivity index is 1.94. The van der Waals surface area contributed by atoms with E-state index in [0.717, 1.165) is 23.2 Å². The summed E-state index contributed by atoms with van der Waals surface area (Å²) in [5, 5.41) is 5.42. The Morgan fingerprint density at radius 3 is 2.25 bits per heavy atom. The molecule has 2 aromatic rings. The minimum absolute atomic E-state index is 0.00870. The fraction of sp³-hybridized carbons (Fsp3) is 0.440. The fourth-order valence-electron chi connectivity index (χ4n) is 3.55. The lowest BCUT2D eigenvalue weighted by Crippen LogP contribution is -2.43. The van der Waals surface area contributed by atoms with Crippen molar-refractivity contribution in [3.63, 3.8) is 0 Å². The molecule has 2 amide bonds. The SMILES string of the molecule is CC(CC(C)(O[SiH3])C(C)(C)C)c1ccccc1NC(=O)CNC(=O)OCc1ccccc1. The quantitative estimate of drug-likeness (QED) is 0.556. The number of ether oxygens (including phenoxy) is 1. The number of carbonyl (C=O) groups excluding carboxylic acids is 2. The molecule has 7 heteroatoms. The Morgan fingerprint density at radius 1 is 1.00 bits per heavy atom. The molecule has 0 aliphatic heterocycles. The zero-order valence-corrected chi connectivity index (χ0v) is 22.0. The highest BCUT2D eigenvalue weighted by Crippen LogP contribution is 2.41. The summed E-state index contributed by atoms with van der Waals surface area (Å²) in [5.74, 6) is -0.132. The maximum atomic E-state index is 12.5. The Bertz CT molecular complexity index is 898. The normalized spacial score (nSPS) is 14.3. The molecule has 2 unspecified atom stereocenters. The van der Waals surface area contributed by atoms with E-state index < -0.39 is 6.09 Å². The van der Waals surface area contributed by atoms with Gasteiger partial charge in [-0.1, -0.05) is 76.2 Å². The van der Waals surface area contributed by atoms with Gasteiger partial charge in [0, 0.05) is 5.69 Å². The first-order valence-electron chi connectivity index (χ1n) is 10.9. The lowest BCUT2D eigenvalue weighted by molar-refractivity contribution is -0.115. The molecule has 0 bridgehead atoms. The number of amides is 2. The molecule has 0 fully saturated rings. The summed E-state index contributed by atoms with van der Waals surface area (Å²) in [6, 6.07) is 17.2. The first kappa shape index (κ1) is 25.6. The highest BCUT2D eigenvalue weighted by molar-refractivity contribution is 5.98. The second-order valence-electron chi connectivity index (χ2n) is 9.34. The third-order valence-electron chi connectivity index (χ3n) is 6.10. The molecule has 0 saturated heterocycles. The summed E-state index contributed by atoms with van der Waals surface area (Å²) in [6.07, 6.45) is 0.201. The monoisotopic (exact) mass is 456 g/mol. The summed E-state index contributed by atoms with van der Waals surface area (Å²) in [6.45, 7) is 10.9. The third kappa shape index (κ3) is 7.21. The maximum absolute atomic E-state index is 12.5. The van der Waals surface area contributed by atoms with E-state index in [1.165, 1.54) is 0 Å². The smallest absolute Gasteiger partial charge is 0.407 e. The van der Waals surface area contributed by atoms with E-state index in [9.17, 15) is 9.59 Å². The molecule has 0 radical (unpaired) electrons. The minimum atomic E-state index is -0.629. The van der Waals surface area contributed by atoms with E-state index in [2.05, 4.69) is 45.3 Å². The predicted molar refractivity (Wildman–Crippen MR) is 132 cm³/mol. The standard InChI is InChI=1S/C25H36N2O4Si/c1-18(15-25(5,31-32)24(2,3)4)20-13-9-10-14-21(20)27-22(28)16-26-23(29)30-17-19-11-7-6-8-12-19/h6-14,18H,15-17H2,1-5,32H3,(H,26,29)(H,27,28). The van der Waals surface area contributed by atoms with Gasteiger partial charge in [0.2, 0.25) is 5.91 Å². The Morgan fingerprint density at radius 2 is 1.62 bits per heavy atom. The van der Waals surface area contributed by atoms with E-state index in [1.807, 2.05) is 54.6 Å². The van der Waals surface area contributed by atoms with Gasteiger partial charge in [-0.2, -0.15) is 0 Å². The molecule has 2 rings (SSSR count). The van der Waals surface area contributed by atoms with Crippen molar-refractivity contribution in [1.29, 1.82) is 0 Å².